The van der Waals surface area contributed by atoms with Gasteiger partial charge >= 0.3 is 11.9 Å². The summed E-state index contributed by atoms with van der Waals surface area (Å²) >= 11 is 0. The zero-order valence-corrected chi connectivity index (χ0v) is 10.8. The quantitative estimate of drug-likeness (QED) is 0.708. The van der Waals surface area contributed by atoms with Crippen LogP contribution in [-0.2, 0) is 14.3 Å². The van der Waals surface area contributed by atoms with Crippen molar-refractivity contribution in [3.05, 3.63) is 17.6 Å². The van der Waals surface area contributed by atoms with Crippen LogP contribution in [0.1, 0.15) is 16.3 Å². The van der Waals surface area contributed by atoms with E-state index in [1.54, 1.807) is 24.9 Å². The van der Waals surface area contributed by atoms with Crippen molar-refractivity contribution in [1.29, 1.82) is 0 Å². The van der Waals surface area contributed by atoms with Gasteiger partial charge in [-0.1, -0.05) is 0 Å². The number of likely N-dealkylation sites (N-methyl/N-ethyl adjacent to an activating group) is 1. The molecule has 0 bridgehead atoms. The van der Waals surface area contributed by atoms with Gasteiger partial charge in [0, 0.05) is 18.8 Å². The zero-order valence-electron chi connectivity index (χ0n) is 10.8. The van der Waals surface area contributed by atoms with Crippen LogP contribution in [0.4, 0.5) is 5.82 Å². The fourth-order valence-corrected chi connectivity index (χ4v) is 1.27. The van der Waals surface area contributed by atoms with Crippen molar-refractivity contribution in [1.82, 2.24) is 9.97 Å². The SMILES string of the molecule is COC(=O)CN(C)c1cc(C)nc(C(=O)OC)n1. The Bertz CT molecular complexity index is 462. The Kier molecular flexibility index (Phi) is 4.59. The minimum atomic E-state index is -0.619. The smallest absolute Gasteiger partial charge is 0.376 e. The summed E-state index contributed by atoms with van der Waals surface area (Å²) in [5.74, 6) is -0.600. The lowest BCUT2D eigenvalue weighted by molar-refractivity contribution is -0.138. The lowest BCUT2D eigenvalue weighted by atomic mass is 10.4. The fraction of sp³-hybridized carbons (Fsp3) is 0.455. The highest BCUT2D eigenvalue weighted by molar-refractivity contribution is 5.85. The van der Waals surface area contributed by atoms with Crippen LogP contribution in [-0.4, -0.2) is 49.7 Å². The van der Waals surface area contributed by atoms with Crippen molar-refractivity contribution < 1.29 is 19.1 Å². The summed E-state index contributed by atoms with van der Waals surface area (Å²) in [6.45, 7) is 1.76. The van der Waals surface area contributed by atoms with Gasteiger partial charge in [0.05, 0.1) is 14.2 Å². The van der Waals surface area contributed by atoms with E-state index >= 15 is 0 Å². The Hall–Kier alpha value is -2.18. The molecule has 7 heteroatoms. The van der Waals surface area contributed by atoms with Gasteiger partial charge in [-0.2, -0.15) is 0 Å². The fourth-order valence-electron chi connectivity index (χ4n) is 1.27. The lowest BCUT2D eigenvalue weighted by Gasteiger charge is -2.17. The highest BCUT2D eigenvalue weighted by atomic mass is 16.5. The molecule has 18 heavy (non-hydrogen) atoms. The maximum absolute atomic E-state index is 11.4. The lowest BCUT2D eigenvalue weighted by Crippen LogP contribution is -2.28. The first-order valence-electron chi connectivity index (χ1n) is 5.20. The molecule has 0 aliphatic carbocycles. The molecule has 1 heterocycles. The van der Waals surface area contributed by atoms with E-state index in [4.69, 9.17) is 0 Å². The predicted molar refractivity (Wildman–Crippen MR) is 63.4 cm³/mol. The van der Waals surface area contributed by atoms with Gasteiger partial charge in [0.1, 0.15) is 12.4 Å². The van der Waals surface area contributed by atoms with E-state index in [9.17, 15) is 9.59 Å². The maximum Gasteiger partial charge on any atom is 0.376 e. The molecule has 0 aromatic carbocycles. The van der Waals surface area contributed by atoms with E-state index in [1.807, 2.05) is 0 Å². The first kappa shape index (κ1) is 13.9. The summed E-state index contributed by atoms with van der Waals surface area (Å²) in [5.41, 5.74) is 0.608. The number of anilines is 1. The average Bonchev–Trinajstić information content (AvgIpc) is 2.36. The van der Waals surface area contributed by atoms with Crippen molar-refractivity contribution in [3.63, 3.8) is 0 Å². The van der Waals surface area contributed by atoms with Gasteiger partial charge in [-0.3, -0.25) is 4.79 Å². The van der Waals surface area contributed by atoms with Gasteiger partial charge in [0.25, 0.3) is 0 Å². The number of esters is 2. The van der Waals surface area contributed by atoms with Gasteiger partial charge in [0.15, 0.2) is 0 Å². The molecular weight excluding hydrogens is 238 g/mol. The number of hydrogen-bond acceptors (Lipinski definition) is 7. The van der Waals surface area contributed by atoms with E-state index in [-0.39, 0.29) is 12.4 Å². The molecule has 98 valence electrons. The van der Waals surface area contributed by atoms with Gasteiger partial charge < -0.3 is 14.4 Å². The van der Waals surface area contributed by atoms with Crippen LogP contribution in [0.5, 0.6) is 0 Å². The van der Waals surface area contributed by atoms with E-state index in [2.05, 4.69) is 19.4 Å². The number of nitrogens with zero attached hydrogens (tertiary/aromatic N) is 3. The average molecular weight is 253 g/mol. The van der Waals surface area contributed by atoms with Crippen molar-refractivity contribution in [3.8, 4) is 0 Å². The summed E-state index contributed by atoms with van der Waals surface area (Å²) in [7, 11) is 4.23. The molecular formula is C11H15N3O4. The Morgan fingerprint density at radius 2 is 1.94 bits per heavy atom. The van der Waals surface area contributed by atoms with Crippen molar-refractivity contribution in [2.45, 2.75) is 6.92 Å². The molecule has 1 aromatic heterocycles. The Balaban J connectivity index is 2.98. The van der Waals surface area contributed by atoms with Crippen molar-refractivity contribution >= 4 is 17.8 Å². The topological polar surface area (TPSA) is 81.6 Å². The number of carbonyl (C=O) groups is 2. The number of ether oxygens (including phenoxy) is 2. The first-order chi connectivity index (χ1) is 8.47. The summed E-state index contributed by atoms with van der Waals surface area (Å²) in [5, 5.41) is 0. The van der Waals surface area contributed by atoms with Crippen LogP contribution in [0.2, 0.25) is 0 Å². The normalized spacial score (nSPS) is 9.78. The molecule has 7 nitrogen and oxygen atoms in total. The minimum Gasteiger partial charge on any atom is -0.468 e. The van der Waals surface area contributed by atoms with Gasteiger partial charge in [-0.15, -0.1) is 0 Å². The maximum atomic E-state index is 11.4. The Morgan fingerprint density at radius 3 is 2.50 bits per heavy atom. The molecule has 1 aromatic rings. The number of aromatic nitrogens is 2. The number of hydrogen-bond donors (Lipinski definition) is 0. The molecule has 0 aliphatic rings. The third-order valence-corrected chi connectivity index (χ3v) is 2.19. The molecule has 0 spiro atoms. The molecule has 0 saturated carbocycles. The molecule has 0 unspecified atom stereocenters. The van der Waals surface area contributed by atoms with E-state index in [1.165, 1.54) is 14.2 Å². The summed E-state index contributed by atoms with van der Waals surface area (Å²) in [6.07, 6.45) is 0. The van der Waals surface area contributed by atoms with E-state index < -0.39 is 11.9 Å². The van der Waals surface area contributed by atoms with Crippen LogP contribution < -0.4 is 4.90 Å². The molecule has 0 N–H and O–H groups in total. The van der Waals surface area contributed by atoms with Crippen LogP contribution in [0, 0.1) is 6.92 Å². The number of rotatable bonds is 4. The highest BCUT2D eigenvalue weighted by Crippen LogP contribution is 2.11. The Labute approximate surface area is 105 Å². The summed E-state index contributed by atoms with van der Waals surface area (Å²) in [6, 6.07) is 1.66. The standard InChI is InChI=1S/C11H15N3O4/c1-7-5-8(14(2)6-9(15)17-3)13-10(12-7)11(16)18-4/h5H,6H2,1-4H3. The minimum absolute atomic E-state index is 0.0353. The van der Waals surface area contributed by atoms with Crippen molar-refractivity contribution in [2.24, 2.45) is 0 Å². The van der Waals surface area contributed by atoms with Gasteiger partial charge in [-0.05, 0) is 6.92 Å². The van der Waals surface area contributed by atoms with Crippen LogP contribution in [0.25, 0.3) is 0 Å². The van der Waals surface area contributed by atoms with E-state index in [0.717, 1.165) is 0 Å². The largest absolute Gasteiger partial charge is 0.468 e. The predicted octanol–water partition coefficient (Wildman–Crippen LogP) is 0.181. The monoisotopic (exact) mass is 253 g/mol. The van der Waals surface area contributed by atoms with Crippen LogP contribution >= 0.6 is 0 Å². The van der Waals surface area contributed by atoms with Crippen molar-refractivity contribution in [2.75, 3.05) is 32.7 Å². The molecule has 0 fully saturated rings. The summed E-state index contributed by atoms with van der Waals surface area (Å²) in [4.78, 5) is 32.1. The van der Waals surface area contributed by atoms with E-state index in [0.29, 0.717) is 11.5 Å². The number of aryl methyl sites for hydroxylation is 1. The number of methoxy groups -OCH3 is 2. The Morgan fingerprint density at radius 1 is 1.28 bits per heavy atom. The molecule has 0 amide bonds. The number of carbonyl (C=O) groups excluding carboxylic acids is 2. The van der Waals surface area contributed by atoms with Gasteiger partial charge in [0.2, 0.25) is 5.82 Å². The first-order valence-corrected chi connectivity index (χ1v) is 5.20. The van der Waals surface area contributed by atoms with Crippen LogP contribution in [0.3, 0.4) is 0 Å². The second-order valence-electron chi connectivity index (χ2n) is 3.61. The zero-order chi connectivity index (χ0) is 13.7. The highest BCUT2D eigenvalue weighted by Gasteiger charge is 2.15. The third-order valence-electron chi connectivity index (χ3n) is 2.19. The molecule has 1 rings (SSSR count). The molecule has 0 aliphatic heterocycles. The third kappa shape index (κ3) is 3.41. The van der Waals surface area contributed by atoms with Gasteiger partial charge in [-0.25, -0.2) is 14.8 Å². The second kappa shape index (κ2) is 5.95. The molecule has 0 radical (unpaired) electrons. The summed E-state index contributed by atoms with van der Waals surface area (Å²) < 4.78 is 9.11. The van der Waals surface area contributed by atoms with Crippen LogP contribution in [0.15, 0.2) is 6.07 Å². The molecule has 0 atom stereocenters. The molecule has 0 saturated heterocycles. The second-order valence-corrected chi connectivity index (χ2v) is 3.61.